The van der Waals surface area contributed by atoms with Crippen molar-refractivity contribution in [2.75, 3.05) is 19.4 Å². The molecule has 0 N–H and O–H groups in total. The maximum atomic E-state index is 12.6. The third-order valence-electron chi connectivity index (χ3n) is 4.60. The monoisotopic (exact) mass is 373 g/mol. The van der Waals surface area contributed by atoms with Crippen LogP contribution in [0.4, 0.5) is 0 Å². The summed E-state index contributed by atoms with van der Waals surface area (Å²) in [6.45, 7) is 4.71. The highest BCUT2D eigenvalue weighted by Crippen LogP contribution is 2.25. The van der Waals surface area contributed by atoms with Gasteiger partial charge < -0.3 is 9.64 Å². The molecule has 138 valence electrons. The predicted octanol–water partition coefficient (Wildman–Crippen LogP) is 2.75. The maximum Gasteiger partial charge on any atom is 0.328 e. The number of likely N-dealkylation sites (tertiary alicyclic amines) is 1. The lowest BCUT2D eigenvalue weighted by Crippen LogP contribution is -2.42. The Hall–Kier alpha value is -2.28. The molecule has 1 fully saturated rings. The highest BCUT2D eigenvalue weighted by Gasteiger charge is 2.34. The van der Waals surface area contributed by atoms with E-state index in [2.05, 4.69) is 37.0 Å². The molecule has 0 saturated carbocycles. The van der Waals surface area contributed by atoms with Crippen molar-refractivity contribution < 1.29 is 14.3 Å². The average molecular weight is 373 g/mol. The Morgan fingerprint density at radius 2 is 2.15 bits per heavy atom. The number of esters is 1. The van der Waals surface area contributed by atoms with Gasteiger partial charge in [-0.25, -0.2) is 9.78 Å². The second-order valence-corrected chi connectivity index (χ2v) is 7.37. The number of nitrogens with zero attached hydrogens (tertiary/aromatic N) is 3. The molecule has 2 aromatic rings. The summed E-state index contributed by atoms with van der Waals surface area (Å²) in [7, 11) is 1.36. The van der Waals surface area contributed by atoms with Crippen LogP contribution in [-0.2, 0) is 14.3 Å². The smallest absolute Gasteiger partial charge is 0.328 e. The van der Waals surface area contributed by atoms with Crippen LogP contribution in [0.25, 0.3) is 5.69 Å². The van der Waals surface area contributed by atoms with Crippen LogP contribution in [-0.4, -0.2) is 51.8 Å². The van der Waals surface area contributed by atoms with Gasteiger partial charge in [-0.3, -0.25) is 9.36 Å². The zero-order valence-electron chi connectivity index (χ0n) is 15.3. The fourth-order valence-electron chi connectivity index (χ4n) is 3.21. The van der Waals surface area contributed by atoms with Crippen LogP contribution in [0, 0.1) is 13.8 Å². The Morgan fingerprint density at radius 1 is 1.35 bits per heavy atom. The number of hydrogen-bond acceptors (Lipinski definition) is 5. The molecule has 0 radical (unpaired) electrons. The van der Waals surface area contributed by atoms with Gasteiger partial charge in [0, 0.05) is 18.9 Å². The normalized spacial score (nSPS) is 16.7. The van der Waals surface area contributed by atoms with Gasteiger partial charge >= 0.3 is 5.97 Å². The second-order valence-electron chi connectivity index (χ2n) is 6.43. The Labute approximate surface area is 157 Å². The molecule has 3 rings (SSSR count). The minimum atomic E-state index is -0.452. The summed E-state index contributed by atoms with van der Waals surface area (Å²) in [6, 6.07) is 5.81. The van der Waals surface area contributed by atoms with Crippen molar-refractivity contribution in [1.29, 1.82) is 0 Å². The van der Waals surface area contributed by atoms with Crippen LogP contribution in [0.1, 0.15) is 24.0 Å². The molecule has 0 bridgehead atoms. The number of rotatable bonds is 5. The van der Waals surface area contributed by atoms with E-state index in [-0.39, 0.29) is 17.6 Å². The van der Waals surface area contributed by atoms with E-state index in [0.29, 0.717) is 13.0 Å². The Morgan fingerprint density at radius 3 is 2.92 bits per heavy atom. The largest absolute Gasteiger partial charge is 0.467 e. The summed E-state index contributed by atoms with van der Waals surface area (Å²) in [5, 5.41) is 0.765. The predicted molar refractivity (Wildman–Crippen MR) is 101 cm³/mol. The third kappa shape index (κ3) is 3.77. The zero-order valence-corrected chi connectivity index (χ0v) is 16.1. The summed E-state index contributed by atoms with van der Waals surface area (Å²) in [6.07, 6.45) is 5.14. The number of benzene rings is 1. The van der Waals surface area contributed by atoms with Gasteiger partial charge in [-0.2, -0.15) is 0 Å². The number of aryl methyl sites for hydroxylation is 2. The van der Waals surface area contributed by atoms with Crippen molar-refractivity contribution in [3.8, 4) is 5.69 Å². The molecule has 1 aromatic carbocycles. The van der Waals surface area contributed by atoms with Gasteiger partial charge in [0.15, 0.2) is 5.16 Å². The summed E-state index contributed by atoms with van der Waals surface area (Å²) in [5.41, 5.74) is 3.38. The molecule has 0 aliphatic carbocycles. The summed E-state index contributed by atoms with van der Waals surface area (Å²) in [4.78, 5) is 30.5. The van der Waals surface area contributed by atoms with Gasteiger partial charge in [0.1, 0.15) is 6.04 Å². The van der Waals surface area contributed by atoms with Gasteiger partial charge in [-0.05, 0) is 43.9 Å². The number of aromatic nitrogens is 2. The van der Waals surface area contributed by atoms with E-state index in [9.17, 15) is 9.59 Å². The van der Waals surface area contributed by atoms with Gasteiger partial charge in [0.25, 0.3) is 0 Å². The first-order valence-corrected chi connectivity index (χ1v) is 9.61. The fraction of sp³-hybridized carbons (Fsp3) is 0.421. The van der Waals surface area contributed by atoms with Crippen LogP contribution >= 0.6 is 11.8 Å². The Balaban J connectivity index is 1.71. The van der Waals surface area contributed by atoms with Gasteiger partial charge in [-0.15, -0.1) is 0 Å². The quantitative estimate of drug-likeness (QED) is 0.596. The SMILES string of the molecule is COC(=O)C1CCCN1C(=O)CSc1nccn1-c1cc(C)ccc1C. The fourth-order valence-corrected chi connectivity index (χ4v) is 4.07. The molecule has 1 aliphatic rings. The molecule has 0 spiro atoms. The average Bonchev–Trinajstić information content (AvgIpc) is 3.30. The van der Waals surface area contributed by atoms with Crippen molar-refractivity contribution in [1.82, 2.24) is 14.5 Å². The zero-order chi connectivity index (χ0) is 18.7. The lowest BCUT2D eigenvalue weighted by Gasteiger charge is -2.22. The molecule has 7 heteroatoms. The highest BCUT2D eigenvalue weighted by molar-refractivity contribution is 7.99. The minimum Gasteiger partial charge on any atom is -0.467 e. The van der Waals surface area contributed by atoms with Crippen molar-refractivity contribution in [2.24, 2.45) is 0 Å². The van der Waals surface area contributed by atoms with Crippen LogP contribution in [0.3, 0.4) is 0 Å². The van der Waals surface area contributed by atoms with Crippen LogP contribution in [0.15, 0.2) is 35.7 Å². The van der Waals surface area contributed by atoms with Crippen molar-refractivity contribution >= 4 is 23.6 Å². The van der Waals surface area contributed by atoms with E-state index in [1.54, 1.807) is 11.1 Å². The molecule has 1 unspecified atom stereocenters. The standard InChI is InChI=1S/C19H23N3O3S/c1-13-6-7-14(2)16(11-13)22-10-8-20-19(22)26-12-17(23)21-9-4-5-15(21)18(24)25-3/h6-8,10-11,15H,4-5,9,12H2,1-3H3. The van der Waals surface area contributed by atoms with Gasteiger partial charge in [0.05, 0.1) is 18.6 Å². The van der Waals surface area contributed by atoms with Crippen LogP contribution in [0.5, 0.6) is 0 Å². The molecule has 1 saturated heterocycles. The third-order valence-corrected chi connectivity index (χ3v) is 5.55. The van der Waals surface area contributed by atoms with Crippen LogP contribution in [0.2, 0.25) is 0 Å². The lowest BCUT2D eigenvalue weighted by molar-refractivity contribution is -0.150. The molecule has 1 atom stereocenters. The summed E-state index contributed by atoms with van der Waals surface area (Å²) in [5.74, 6) is -0.147. The number of ether oxygens (including phenoxy) is 1. The summed E-state index contributed by atoms with van der Waals surface area (Å²) < 4.78 is 6.81. The number of hydrogen-bond donors (Lipinski definition) is 0. The molecule has 1 amide bonds. The second kappa shape index (κ2) is 7.95. The molecular weight excluding hydrogens is 350 g/mol. The topological polar surface area (TPSA) is 64.4 Å². The van der Waals surface area contributed by atoms with Gasteiger partial charge in [0.2, 0.25) is 5.91 Å². The number of carbonyl (C=O) groups excluding carboxylic acids is 2. The molecule has 2 heterocycles. The van der Waals surface area contributed by atoms with Crippen molar-refractivity contribution in [2.45, 2.75) is 37.9 Å². The van der Waals surface area contributed by atoms with E-state index >= 15 is 0 Å². The molecular formula is C19H23N3O3S. The Bertz CT molecular complexity index is 818. The highest BCUT2D eigenvalue weighted by atomic mass is 32.2. The molecule has 6 nitrogen and oxygen atoms in total. The van der Waals surface area contributed by atoms with Crippen molar-refractivity contribution in [3.05, 3.63) is 41.7 Å². The minimum absolute atomic E-state index is 0.0570. The van der Waals surface area contributed by atoms with Gasteiger partial charge in [-0.1, -0.05) is 23.9 Å². The number of methoxy groups -OCH3 is 1. The summed E-state index contributed by atoms with van der Waals surface area (Å²) >= 11 is 1.39. The first-order valence-electron chi connectivity index (χ1n) is 8.62. The maximum absolute atomic E-state index is 12.6. The number of imidazole rings is 1. The van der Waals surface area contributed by atoms with E-state index in [1.807, 2.05) is 10.8 Å². The molecule has 1 aromatic heterocycles. The first-order chi connectivity index (χ1) is 12.5. The van der Waals surface area contributed by atoms with E-state index in [1.165, 1.54) is 24.4 Å². The van der Waals surface area contributed by atoms with Crippen LogP contribution < -0.4 is 0 Å². The van der Waals surface area contributed by atoms with E-state index in [0.717, 1.165) is 22.8 Å². The number of amides is 1. The number of thioether (sulfide) groups is 1. The lowest BCUT2D eigenvalue weighted by atomic mass is 10.1. The van der Waals surface area contributed by atoms with E-state index < -0.39 is 6.04 Å². The van der Waals surface area contributed by atoms with Crippen molar-refractivity contribution in [3.63, 3.8) is 0 Å². The molecule has 26 heavy (non-hydrogen) atoms. The van der Waals surface area contributed by atoms with E-state index in [4.69, 9.17) is 4.74 Å². The molecule has 1 aliphatic heterocycles. The Kier molecular flexibility index (Phi) is 5.66. The first kappa shape index (κ1) is 18.5. The number of carbonyl (C=O) groups is 2.